The molecule has 2 heteroatoms. The number of anilines is 3. The molecule has 0 spiro atoms. The smallest absolute Gasteiger partial charge is 0.143 e. The highest BCUT2D eigenvalue weighted by Crippen LogP contribution is 2.47. The quantitative estimate of drug-likeness (QED) is 0.199. The van der Waals surface area contributed by atoms with E-state index in [4.69, 9.17) is 4.42 Å². The molecule has 1 aromatic heterocycles. The fourth-order valence-corrected chi connectivity index (χ4v) is 6.94. The number of fused-ring (bicyclic) bond motifs is 6. The summed E-state index contributed by atoms with van der Waals surface area (Å²) in [6, 6.07) is 62.6. The lowest BCUT2D eigenvalue weighted by molar-refractivity contribution is 0.672. The monoisotopic (exact) mass is 587 g/mol. The Morgan fingerprint density at radius 2 is 1.00 bits per heavy atom. The largest absolute Gasteiger partial charge is 0.455 e. The third kappa shape index (κ3) is 4.27. The van der Waals surface area contributed by atoms with Gasteiger partial charge in [0.15, 0.2) is 0 Å². The summed E-state index contributed by atoms with van der Waals surface area (Å²) in [6.07, 6.45) is 0. The van der Waals surface area contributed by atoms with E-state index in [0.29, 0.717) is 0 Å². The Hall–Kier alpha value is -6.12. The van der Waals surface area contributed by atoms with Crippen molar-refractivity contribution >= 4 is 60.5 Å². The highest BCUT2D eigenvalue weighted by Gasteiger charge is 2.22. The van der Waals surface area contributed by atoms with Gasteiger partial charge in [-0.25, -0.2) is 0 Å². The molecule has 0 amide bonds. The van der Waals surface area contributed by atoms with Gasteiger partial charge in [0.05, 0.1) is 16.8 Å². The van der Waals surface area contributed by atoms with E-state index in [9.17, 15) is 0 Å². The van der Waals surface area contributed by atoms with Gasteiger partial charge in [-0.15, -0.1) is 0 Å². The Kier molecular flexibility index (Phi) is 6.17. The van der Waals surface area contributed by atoms with Crippen LogP contribution >= 0.6 is 0 Å². The van der Waals surface area contributed by atoms with Gasteiger partial charge in [0.2, 0.25) is 0 Å². The summed E-state index contributed by atoms with van der Waals surface area (Å²) in [5, 5.41) is 6.89. The van der Waals surface area contributed by atoms with Crippen molar-refractivity contribution in [3.63, 3.8) is 0 Å². The van der Waals surface area contributed by atoms with Crippen LogP contribution in [0.15, 0.2) is 180 Å². The van der Waals surface area contributed by atoms with Crippen LogP contribution in [-0.4, -0.2) is 0 Å². The molecule has 0 aliphatic rings. The van der Waals surface area contributed by atoms with Gasteiger partial charge in [-0.2, -0.15) is 0 Å². The third-order valence-corrected chi connectivity index (χ3v) is 9.02. The standard InChI is InChI=1S/C44H29NO/c1-3-14-30(15-4-1)32-18-11-19-33(28-32)38-29-39-43-41(26-13-27-42(43)46-44(39)37-24-10-9-23-36(37)38)45(34-20-5-2-6-21-34)40-25-12-17-31-16-7-8-22-35(31)40/h1-29H. The summed E-state index contributed by atoms with van der Waals surface area (Å²) < 4.78 is 6.77. The van der Waals surface area contributed by atoms with E-state index >= 15 is 0 Å². The molecule has 0 unspecified atom stereocenters. The molecule has 9 rings (SSSR count). The van der Waals surface area contributed by atoms with Gasteiger partial charge in [0.25, 0.3) is 0 Å². The first-order chi connectivity index (χ1) is 22.8. The molecule has 9 aromatic rings. The molecule has 0 fully saturated rings. The van der Waals surface area contributed by atoms with Crippen molar-refractivity contribution in [2.45, 2.75) is 0 Å². The number of rotatable bonds is 5. The molecule has 1 heterocycles. The molecule has 216 valence electrons. The predicted molar refractivity (Wildman–Crippen MR) is 194 cm³/mol. The third-order valence-electron chi connectivity index (χ3n) is 9.02. The van der Waals surface area contributed by atoms with Crippen molar-refractivity contribution in [1.82, 2.24) is 0 Å². The molecule has 0 radical (unpaired) electrons. The minimum Gasteiger partial charge on any atom is -0.455 e. The van der Waals surface area contributed by atoms with Crippen molar-refractivity contribution in [3.8, 4) is 22.3 Å². The molecule has 0 saturated carbocycles. The maximum Gasteiger partial charge on any atom is 0.143 e. The SMILES string of the molecule is c1ccc(-c2cccc(-c3cc4c(oc5cccc(N(c6ccccc6)c6cccc7ccccc67)c54)c4ccccc34)c2)cc1. The van der Waals surface area contributed by atoms with E-state index in [1.165, 1.54) is 38.4 Å². The van der Waals surface area contributed by atoms with E-state index in [-0.39, 0.29) is 0 Å². The molecular weight excluding hydrogens is 558 g/mol. The zero-order valence-corrected chi connectivity index (χ0v) is 25.1. The summed E-state index contributed by atoms with van der Waals surface area (Å²) in [7, 11) is 0. The fourth-order valence-electron chi connectivity index (χ4n) is 6.94. The number of hydrogen-bond donors (Lipinski definition) is 0. The van der Waals surface area contributed by atoms with Crippen LogP contribution in [-0.2, 0) is 0 Å². The molecule has 0 atom stereocenters. The first-order valence-electron chi connectivity index (χ1n) is 15.7. The van der Waals surface area contributed by atoms with Crippen LogP contribution < -0.4 is 4.90 Å². The number of hydrogen-bond acceptors (Lipinski definition) is 2. The number of nitrogens with zero attached hydrogens (tertiary/aromatic N) is 1. The molecule has 2 nitrogen and oxygen atoms in total. The summed E-state index contributed by atoms with van der Waals surface area (Å²) in [5.74, 6) is 0. The van der Waals surface area contributed by atoms with Crippen LogP contribution in [0.2, 0.25) is 0 Å². The van der Waals surface area contributed by atoms with Gasteiger partial charge in [-0.1, -0.05) is 133 Å². The lowest BCUT2D eigenvalue weighted by Gasteiger charge is -2.27. The van der Waals surface area contributed by atoms with Gasteiger partial charge in [0, 0.05) is 21.8 Å². The predicted octanol–water partition coefficient (Wildman–Crippen LogP) is 12.7. The van der Waals surface area contributed by atoms with Crippen LogP contribution in [0.4, 0.5) is 17.1 Å². The van der Waals surface area contributed by atoms with Gasteiger partial charge in [-0.05, 0) is 75.5 Å². The van der Waals surface area contributed by atoms with Crippen LogP contribution in [0.1, 0.15) is 0 Å². The lowest BCUT2D eigenvalue weighted by Crippen LogP contribution is -2.10. The zero-order valence-electron chi connectivity index (χ0n) is 25.1. The zero-order chi connectivity index (χ0) is 30.5. The van der Waals surface area contributed by atoms with Crippen molar-refractivity contribution in [3.05, 3.63) is 176 Å². The van der Waals surface area contributed by atoms with Crippen molar-refractivity contribution < 1.29 is 4.42 Å². The highest BCUT2D eigenvalue weighted by atomic mass is 16.3. The Labute approximate surface area is 267 Å². The Morgan fingerprint density at radius 3 is 1.85 bits per heavy atom. The van der Waals surface area contributed by atoms with E-state index < -0.39 is 0 Å². The Bertz CT molecular complexity index is 2520. The van der Waals surface area contributed by atoms with E-state index in [1.807, 2.05) is 0 Å². The van der Waals surface area contributed by atoms with Gasteiger partial charge in [0.1, 0.15) is 11.2 Å². The Balaban J connectivity index is 1.35. The van der Waals surface area contributed by atoms with Crippen molar-refractivity contribution in [2.75, 3.05) is 4.90 Å². The number of furan rings is 1. The van der Waals surface area contributed by atoms with E-state index in [2.05, 4.69) is 181 Å². The van der Waals surface area contributed by atoms with Crippen LogP contribution in [0, 0.1) is 0 Å². The maximum atomic E-state index is 6.77. The van der Waals surface area contributed by atoms with Crippen LogP contribution in [0.5, 0.6) is 0 Å². The topological polar surface area (TPSA) is 16.4 Å². The minimum atomic E-state index is 0.869. The molecule has 0 N–H and O–H groups in total. The fraction of sp³-hybridized carbons (Fsp3) is 0. The number of benzene rings is 8. The van der Waals surface area contributed by atoms with Crippen molar-refractivity contribution in [2.24, 2.45) is 0 Å². The minimum absolute atomic E-state index is 0.869. The summed E-state index contributed by atoms with van der Waals surface area (Å²) >= 11 is 0. The average Bonchev–Trinajstić information content (AvgIpc) is 3.52. The molecule has 0 saturated heterocycles. The van der Waals surface area contributed by atoms with Gasteiger partial charge < -0.3 is 9.32 Å². The van der Waals surface area contributed by atoms with Crippen LogP contribution in [0.3, 0.4) is 0 Å². The van der Waals surface area contributed by atoms with Gasteiger partial charge in [-0.3, -0.25) is 0 Å². The van der Waals surface area contributed by atoms with E-state index in [1.54, 1.807) is 0 Å². The van der Waals surface area contributed by atoms with Crippen molar-refractivity contribution in [1.29, 1.82) is 0 Å². The molecule has 0 bridgehead atoms. The molecule has 8 aromatic carbocycles. The van der Waals surface area contributed by atoms with Crippen LogP contribution in [0.25, 0.3) is 65.7 Å². The summed E-state index contributed by atoms with van der Waals surface area (Å²) in [6.45, 7) is 0. The first-order valence-corrected chi connectivity index (χ1v) is 15.7. The second-order valence-corrected chi connectivity index (χ2v) is 11.7. The highest BCUT2D eigenvalue weighted by molar-refractivity contribution is 6.23. The van der Waals surface area contributed by atoms with E-state index in [0.717, 1.165) is 44.4 Å². The molecular formula is C44H29NO. The normalized spacial score (nSPS) is 11.5. The molecule has 46 heavy (non-hydrogen) atoms. The Morgan fingerprint density at radius 1 is 0.391 bits per heavy atom. The summed E-state index contributed by atoms with van der Waals surface area (Å²) in [5.41, 5.74) is 9.86. The summed E-state index contributed by atoms with van der Waals surface area (Å²) in [4.78, 5) is 2.38. The second-order valence-electron chi connectivity index (χ2n) is 11.7. The maximum absolute atomic E-state index is 6.77. The lowest BCUT2D eigenvalue weighted by atomic mass is 9.93. The first kappa shape index (κ1) is 26.3. The molecule has 0 aliphatic carbocycles. The molecule has 0 aliphatic heterocycles. The number of para-hydroxylation sites is 1. The average molecular weight is 588 g/mol. The second kappa shape index (κ2) is 10.8. The van der Waals surface area contributed by atoms with Gasteiger partial charge >= 0.3 is 0 Å².